The Hall–Kier alpha value is -3.27. The number of rotatable bonds is 10. The summed E-state index contributed by atoms with van der Waals surface area (Å²) >= 11 is 0. The lowest BCUT2D eigenvalue weighted by Crippen LogP contribution is -2.31. The molecule has 0 aliphatic rings. The van der Waals surface area contributed by atoms with Crippen LogP contribution in [0.1, 0.15) is 19.8 Å². The van der Waals surface area contributed by atoms with E-state index in [1.807, 2.05) is 0 Å². The van der Waals surface area contributed by atoms with Crippen LogP contribution in [-0.2, 0) is 13.6 Å². The molecule has 0 saturated carbocycles. The first-order chi connectivity index (χ1) is 14.4. The quantitative estimate of drug-likeness (QED) is 0.422. The van der Waals surface area contributed by atoms with Crippen LogP contribution in [-0.4, -0.2) is 50.6 Å². The van der Waals surface area contributed by atoms with Crippen molar-refractivity contribution in [2.24, 2.45) is 7.05 Å². The van der Waals surface area contributed by atoms with Crippen molar-refractivity contribution in [1.82, 2.24) is 19.1 Å². The highest BCUT2D eigenvalue weighted by molar-refractivity contribution is 5.74. The Morgan fingerprint density at radius 2 is 1.93 bits per heavy atom. The third kappa shape index (κ3) is 4.65. The van der Waals surface area contributed by atoms with Crippen LogP contribution in [0.2, 0.25) is 0 Å². The molecule has 10 nitrogen and oxygen atoms in total. The lowest BCUT2D eigenvalue weighted by molar-refractivity contribution is 0.0938. The number of nitrogens with zero attached hydrogens (tertiary/aromatic N) is 3. The number of imidazole rings is 1. The second kappa shape index (κ2) is 9.49. The highest BCUT2D eigenvalue weighted by Gasteiger charge is 2.19. The highest BCUT2D eigenvalue weighted by atomic mass is 16.5. The minimum absolute atomic E-state index is 0.0179. The number of aliphatic hydroxyl groups excluding tert-OH is 1. The monoisotopic (exact) mass is 417 g/mol. The Morgan fingerprint density at radius 3 is 2.60 bits per heavy atom. The van der Waals surface area contributed by atoms with Crippen LogP contribution in [0, 0.1) is 0 Å². The summed E-state index contributed by atoms with van der Waals surface area (Å²) in [4.78, 5) is 31.1. The van der Waals surface area contributed by atoms with E-state index >= 15 is 0 Å². The van der Waals surface area contributed by atoms with Crippen LogP contribution in [0.5, 0.6) is 11.5 Å². The molecular weight excluding hydrogens is 390 g/mol. The van der Waals surface area contributed by atoms with E-state index in [1.165, 1.54) is 11.6 Å². The fourth-order valence-corrected chi connectivity index (χ4v) is 3.05. The molecule has 0 aliphatic heterocycles. The van der Waals surface area contributed by atoms with Gasteiger partial charge in [0.05, 0.1) is 13.7 Å². The van der Waals surface area contributed by atoms with Crippen LogP contribution in [0.25, 0.3) is 11.2 Å². The Bertz CT molecular complexity index is 1100. The Kier molecular flexibility index (Phi) is 6.78. The Labute approximate surface area is 173 Å². The fraction of sp³-hybridized carbons (Fsp3) is 0.450. The van der Waals surface area contributed by atoms with E-state index in [-0.39, 0.29) is 24.3 Å². The maximum atomic E-state index is 12.5. The van der Waals surface area contributed by atoms with E-state index < -0.39 is 17.4 Å². The average Bonchev–Trinajstić information content (AvgIpc) is 3.10. The van der Waals surface area contributed by atoms with Crippen molar-refractivity contribution in [2.45, 2.75) is 32.4 Å². The largest absolute Gasteiger partial charge is 0.497 e. The van der Waals surface area contributed by atoms with Crippen LogP contribution in [0.4, 0.5) is 5.95 Å². The molecule has 0 bridgehead atoms. The second-order valence-corrected chi connectivity index (χ2v) is 6.96. The van der Waals surface area contributed by atoms with Gasteiger partial charge in [-0.25, -0.2) is 4.79 Å². The number of nitrogens with one attached hydrogen (secondary N) is 2. The first-order valence-electron chi connectivity index (χ1n) is 9.83. The molecule has 3 rings (SSSR count). The molecule has 0 fully saturated rings. The van der Waals surface area contributed by atoms with Gasteiger partial charge in [0.1, 0.15) is 24.2 Å². The normalized spacial score (nSPS) is 12.1. The molecule has 30 heavy (non-hydrogen) atoms. The van der Waals surface area contributed by atoms with Gasteiger partial charge < -0.3 is 24.5 Å². The number of aromatic nitrogens is 4. The van der Waals surface area contributed by atoms with Gasteiger partial charge in [-0.05, 0) is 30.7 Å². The number of fused-ring (bicyclic) bond motifs is 1. The zero-order valence-corrected chi connectivity index (χ0v) is 17.3. The maximum absolute atomic E-state index is 12.5. The molecular formula is C20H27N5O5. The van der Waals surface area contributed by atoms with Crippen LogP contribution in [0.15, 0.2) is 33.9 Å². The number of hydrogen-bond donors (Lipinski definition) is 3. The molecule has 0 amide bonds. The molecule has 162 valence electrons. The first-order valence-corrected chi connectivity index (χ1v) is 9.83. The standard InChI is InChI=1S/C20H27N5O5/c1-4-5-10-21-19-22-17-16(18(27)23-20(28)24(17)2)25(19)11-13(26)12-30-15-8-6-14(29-3)7-9-15/h6-9,13,26H,4-5,10-12H2,1-3H3,(H,21,22)(H,23,27,28)/t13-/m1/s1. The number of H-pyrrole nitrogens is 1. The summed E-state index contributed by atoms with van der Waals surface area (Å²) in [5.74, 6) is 1.72. The molecule has 10 heteroatoms. The summed E-state index contributed by atoms with van der Waals surface area (Å²) in [6.45, 7) is 2.82. The van der Waals surface area contributed by atoms with Crippen molar-refractivity contribution in [3.63, 3.8) is 0 Å². The number of aryl methyl sites for hydroxylation is 1. The lowest BCUT2D eigenvalue weighted by atomic mass is 10.3. The molecule has 0 saturated heterocycles. The number of benzene rings is 1. The Morgan fingerprint density at radius 1 is 1.23 bits per heavy atom. The molecule has 1 atom stereocenters. The molecule has 0 spiro atoms. The number of aliphatic hydroxyl groups is 1. The van der Waals surface area contributed by atoms with E-state index in [4.69, 9.17) is 9.47 Å². The average molecular weight is 417 g/mol. The SMILES string of the molecule is CCCCNc1nc2c(c(=O)[nH]c(=O)n2C)n1C[C@@H](O)COc1ccc(OC)cc1. The van der Waals surface area contributed by atoms with Gasteiger partial charge in [-0.3, -0.25) is 14.3 Å². The van der Waals surface area contributed by atoms with Gasteiger partial charge in [0, 0.05) is 13.6 Å². The molecule has 2 aromatic heterocycles. The van der Waals surface area contributed by atoms with Gasteiger partial charge in [0.2, 0.25) is 5.95 Å². The van der Waals surface area contributed by atoms with E-state index in [1.54, 1.807) is 35.9 Å². The van der Waals surface area contributed by atoms with Gasteiger partial charge in [0.15, 0.2) is 11.2 Å². The zero-order chi connectivity index (χ0) is 21.7. The van der Waals surface area contributed by atoms with E-state index in [0.29, 0.717) is 24.0 Å². The van der Waals surface area contributed by atoms with Crippen molar-refractivity contribution in [3.8, 4) is 11.5 Å². The third-order valence-corrected chi connectivity index (χ3v) is 4.72. The number of hydrogen-bond acceptors (Lipinski definition) is 7. The molecule has 3 aromatic rings. The second-order valence-electron chi connectivity index (χ2n) is 6.96. The summed E-state index contributed by atoms with van der Waals surface area (Å²) in [6.07, 6.45) is 1.000. The zero-order valence-electron chi connectivity index (χ0n) is 17.3. The van der Waals surface area contributed by atoms with Gasteiger partial charge in [-0.15, -0.1) is 0 Å². The fourth-order valence-electron chi connectivity index (χ4n) is 3.05. The van der Waals surface area contributed by atoms with E-state index in [0.717, 1.165) is 12.8 Å². The number of methoxy groups -OCH3 is 1. The molecule has 0 unspecified atom stereocenters. The number of anilines is 1. The molecule has 0 aliphatic carbocycles. The third-order valence-electron chi connectivity index (χ3n) is 4.72. The van der Waals surface area contributed by atoms with Crippen LogP contribution in [0.3, 0.4) is 0 Å². The maximum Gasteiger partial charge on any atom is 0.329 e. The summed E-state index contributed by atoms with van der Waals surface area (Å²) in [5.41, 5.74) is -0.612. The van der Waals surface area contributed by atoms with Crippen molar-refractivity contribution in [2.75, 3.05) is 25.6 Å². The van der Waals surface area contributed by atoms with Crippen molar-refractivity contribution < 1.29 is 14.6 Å². The predicted molar refractivity (Wildman–Crippen MR) is 113 cm³/mol. The smallest absolute Gasteiger partial charge is 0.329 e. The van der Waals surface area contributed by atoms with Crippen molar-refractivity contribution >= 4 is 17.1 Å². The minimum Gasteiger partial charge on any atom is -0.497 e. The van der Waals surface area contributed by atoms with Gasteiger partial charge in [-0.2, -0.15) is 4.98 Å². The molecule has 2 heterocycles. The van der Waals surface area contributed by atoms with Crippen LogP contribution >= 0.6 is 0 Å². The van der Waals surface area contributed by atoms with E-state index in [9.17, 15) is 14.7 Å². The molecule has 0 radical (unpaired) electrons. The number of aromatic amines is 1. The minimum atomic E-state index is -0.909. The van der Waals surface area contributed by atoms with Crippen molar-refractivity contribution in [3.05, 3.63) is 45.1 Å². The van der Waals surface area contributed by atoms with Gasteiger partial charge in [0.25, 0.3) is 5.56 Å². The highest BCUT2D eigenvalue weighted by Crippen LogP contribution is 2.19. The molecule has 3 N–H and O–H groups in total. The topological polar surface area (TPSA) is 123 Å². The summed E-state index contributed by atoms with van der Waals surface area (Å²) < 4.78 is 13.6. The van der Waals surface area contributed by atoms with E-state index in [2.05, 4.69) is 22.2 Å². The van der Waals surface area contributed by atoms with Crippen molar-refractivity contribution in [1.29, 1.82) is 0 Å². The summed E-state index contributed by atoms with van der Waals surface area (Å²) in [6, 6.07) is 7.02. The Balaban J connectivity index is 1.83. The van der Waals surface area contributed by atoms with Gasteiger partial charge >= 0.3 is 5.69 Å². The molecule has 1 aromatic carbocycles. The summed E-state index contributed by atoms with van der Waals surface area (Å²) in [5, 5.41) is 13.7. The summed E-state index contributed by atoms with van der Waals surface area (Å²) in [7, 11) is 3.12. The lowest BCUT2D eigenvalue weighted by Gasteiger charge is -2.16. The van der Waals surface area contributed by atoms with Crippen LogP contribution < -0.4 is 26.0 Å². The van der Waals surface area contributed by atoms with Gasteiger partial charge in [-0.1, -0.05) is 13.3 Å². The number of unbranched alkanes of at least 4 members (excludes halogenated alkanes) is 1. The first kappa shape index (κ1) is 21.4. The predicted octanol–water partition coefficient (Wildman–Crippen LogP) is 1.08. The number of ether oxygens (including phenoxy) is 2.